The third kappa shape index (κ3) is 3.91. The van der Waals surface area contributed by atoms with Crippen LogP contribution in [-0.2, 0) is 11.2 Å². The van der Waals surface area contributed by atoms with Gasteiger partial charge >= 0.3 is 6.09 Å². The zero-order valence-electron chi connectivity index (χ0n) is 11.3. The Morgan fingerprint density at radius 3 is 2.67 bits per heavy atom. The second kappa shape index (κ2) is 5.71. The maximum Gasteiger partial charge on any atom is 0.405 e. The molecule has 1 unspecified atom stereocenters. The Balaban J connectivity index is 2.91. The van der Waals surface area contributed by atoms with Crippen LogP contribution in [0.25, 0.3) is 5.57 Å². The number of rotatable bonds is 5. The highest BCUT2D eigenvalue weighted by molar-refractivity contribution is 5.65. The van der Waals surface area contributed by atoms with E-state index in [1.165, 1.54) is 0 Å². The molecule has 0 saturated heterocycles. The maximum atomic E-state index is 10.9. The van der Waals surface area contributed by atoms with Crippen molar-refractivity contribution in [1.82, 2.24) is 0 Å². The number of carbonyl (C=O) groups excluding carboxylic acids is 1. The lowest BCUT2D eigenvalue weighted by atomic mass is 9.92. The number of allylic oxidation sites excluding steroid dienone is 1. The Kier molecular flexibility index (Phi) is 4.54. The largest absolute Gasteiger partial charge is 0.443 e. The molecular weight excluding hydrogens is 226 g/mol. The smallest absolute Gasteiger partial charge is 0.405 e. The second-order valence-corrected chi connectivity index (χ2v) is 4.88. The number of amides is 1. The quantitative estimate of drug-likeness (QED) is 0.865. The zero-order valence-corrected chi connectivity index (χ0v) is 11.3. The number of hydrogen-bond acceptors (Lipinski definition) is 2. The van der Waals surface area contributed by atoms with Gasteiger partial charge in [-0.1, -0.05) is 43.3 Å². The summed E-state index contributed by atoms with van der Waals surface area (Å²) < 4.78 is 5.21. The summed E-state index contributed by atoms with van der Waals surface area (Å²) in [4.78, 5) is 10.9. The van der Waals surface area contributed by atoms with Crippen molar-refractivity contribution in [3.63, 3.8) is 0 Å². The minimum Gasteiger partial charge on any atom is -0.443 e. The van der Waals surface area contributed by atoms with E-state index in [9.17, 15) is 4.79 Å². The van der Waals surface area contributed by atoms with Crippen LogP contribution in [0.3, 0.4) is 0 Å². The van der Waals surface area contributed by atoms with Crippen molar-refractivity contribution in [1.29, 1.82) is 0 Å². The lowest BCUT2D eigenvalue weighted by Crippen LogP contribution is -2.35. The van der Waals surface area contributed by atoms with Gasteiger partial charge in [0.15, 0.2) is 0 Å². The molecule has 0 saturated carbocycles. The minimum absolute atomic E-state index is 0.556. The fraction of sp³-hybridized carbons (Fsp3) is 0.400. The van der Waals surface area contributed by atoms with E-state index in [2.05, 4.69) is 12.6 Å². The molecule has 2 N–H and O–H groups in total. The summed E-state index contributed by atoms with van der Waals surface area (Å²) in [6.07, 6.45) is 0.635. The summed E-state index contributed by atoms with van der Waals surface area (Å²) in [7, 11) is 0. The van der Waals surface area contributed by atoms with E-state index in [-0.39, 0.29) is 0 Å². The van der Waals surface area contributed by atoms with Crippen molar-refractivity contribution in [2.45, 2.75) is 39.2 Å². The van der Waals surface area contributed by atoms with Crippen molar-refractivity contribution >= 4 is 11.7 Å². The van der Waals surface area contributed by atoms with Gasteiger partial charge in [0.25, 0.3) is 0 Å². The van der Waals surface area contributed by atoms with Crippen molar-refractivity contribution in [2.75, 3.05) is 0 Å². The molecule has 0 spiro atoms. The summed E-state index contributed by atoms with van der Waals surface area (Å²) >= 11 is 0. The molecule has 98 valence electrons. The molecule has 1 atom stereocenters. The van der Waals surface area contributed by atoms with Gasteiger partial charge in [-0.05, 0) is 31.4 Å². The number of ether oxygens (including phenoxy) is 1. The highest BCUT2D eigenvalue weighted by Crippen LogP contribution is 2.23. The third-order valence-electron chi connectivity index (χ3n) is 3.09. The first-order chi connectivity index (χ1) is 8.36. The summed E-state index contributed by atoms with van der Waals surface area (Å²) in [6.45, 7) is 9.77. The molecule has 0 aliphatic heterocycles. The van der Waals surface area contributed by atoms with Gasteiger partial charge in [0.1, 0.15) is 5.60 Å². The fourth-order valence-electron chi connectivity index (χ4n) is 1.85. The predicted octanol–water partition coefficient (Wildman–Crippen LogP) is 3.53. The van der Waals surface area contributed by atoms with Gasteiger partial charge in [0.05, 0.1) is 0 Å². The molecule has 0 bridgehead atoms. The van der Waals surface area contributed by atoms with Crippen LogP contribution in [-0.4, -0.2) is 11.7 Å². The van der Waals surface area contributed by atoms with Crippen LogP contribution in [0.5, 0.6) is 0 Å². The Hall–Kier alpha value is -1.77. The van der Waals surface area contributed by atoms with Crippen molar-refractivity contribution in [3.05, 3.63) is 42.0 Å². The standard InChI is InChI=1S/C15H21NO2/c1-5-15(4,18-14(16)17)10-12-7-6-8-13(9-12)11(2)3/h6-9H,2,5,10H2,1,3-4H3,(H2,16,17). The predicted molar refractivity (Wildman–Crippen MR) is 74.2 cm³/mol. The molecule has 0 fully saturated rings. The second-order valence-electron chi connectivity index (χ2n) is 4.88. The van der Waals surface area contributed by atoms with Gasteiger partial charge in [-0.15, -0.1) is 0 Å². The fourth-order valence-corrected chi connectivity index (χ4v) is 1.85. The van der Waals surface area contributed by atoms with Crippen LogP contribution in [0.4, 0.5) is 4.79 Å². The Labute approximate surface area is 109 Å². The van der Waals surface area contributed by atoms with E-state index < -0.39 is 11.7 Å². The molecule has 3 heteroatoms. The van der Waals surface area contributed by atoms with E-state index >= 15 is 0 Å². The first kappa shape index (κ1) is 14.3. The molecule has 0 radical (unpaired) electrons. The number of benzene rings is 1. The van der Waals surface area contributed by atoms with Crippen molar-refractivity contribution in [3.8, 4) is 0 Å². The number of nitrogens with two attached hydrogens (primary N) is 1. The van der Waals surface area contributed by atoms with Gasteiger partial charge < -0.3 is 10.5 Å². The zero-order chi connectivity index (χ0) is 13.8. The van der Waals surface area contributed by atoms with Gasteiger partial charge in [0.2, 0.25) is 0 Å². The molecule has 0 heterocycles. The highest BCUT2D eigenvalue weighted by Gasteiger charge is 2.26. The average molecular weight is 247 g/mol. The summed E-state index contributed by atoms with van der Waals surface area (Å²) in [5, 5.41) is 0. The van der Waals surface area contributed by atoms with Gasteiger partial charge in [-0.3, -0.25) is 0 Å². The molecule has 1 aromatic carbocycles. The Morgan fingerprint density at radius 2 is 2.17 bits per heavy atom. The lowest BCUT2D eigenvalue weighted by Gasteiger charge is -2.27. The van der Waals surface area contributed by atoms with Crippen LogP contribution >= 0.6 is 0 Å². The number of primary amides is 1. The monoisotopic (exact) mass is 247 g/mol. The van der Waals surface area contributed by atoms with Gasteiger partial charge in [0, 0.05) is 6.42 Å². The first-order valence-electron chi connectivity index (χ1n) is 6.09. The van der Waals surface area contributed by atoms with Crippen molar-refractivity contribution < 1.29 is 9.53 Å². The van der Waals surface area contributed by atoms with Crippen LogP contribution in [0.2, 0.25) is 0 Å². The molecular formula is C15H21NO2. The highest BCUT2D eigenvalue weighted by atomic mass is 16.6. The Morgan fingerprint density at radius 1 is 1.50 bits per heavy atom. The normalized spacial score (nSPS) is 13.7. The van der Waals surface area contributed by atoms with E-state index in [0.717, 1.165) is 16.7 Å². The molecule has 1 rings (SSSR count). The summed E-state index contributed by atoms with van der Waals surface area (Å²) in [5.74, 6) is 0. The molecule has 0 aliphatic carbocycles. The Bertz CT molecular complexity index is 454. The van der Waals surface area contributed by atoms with Crippen LogP contribution in [0, 0.1) is 0 Å². The van der Waals surface area contributed by atoms with E-state index in [0.29, 0.717) is 12.8 Å². The van der Waals surface area contributed by atoms with Gasteiger partial charge in [-0.25, -0.2) is 4.79 Å². The van der Waals surface area contributed by atoms with E-state index in [1.807, 2.05) is 39.0 Å². The topological polar surface area (TPSA) is 52.3 Å². The minimum atomic E-state index is -0.726. The van der Waals surface area contributed by atoms with Gasteiger partial charge in [-0.2, -0.15) is 0 Å². The molecule has 18 heavy (non-hydrogen) atoms. The molecule has 0 aliphatic rings. The van der Waals surface area contributed by atoms with Crippen LogP contribution in [0.1, 0.15) is 38.3 Å². The third-order valence-corrected chi connectivity index (χ3v) is 3.09. The van der Waals surface area contributed by atoms with Crippen LogP contribution < -0.4 is 5.73 Å². The SMILES string of the molecule is C=C(C)c1cccc(CC(C)(CC)OC(N)=O)c1. The van der Waals surface area contributed by atoms with Crippen molar-refractivity contribution in [2.24, 2.45) is 5.73 Å². The molecule has 1 aromatic rings. The molecule has 0 aromatic heterocycles. The summed E-state index contributed by atoms with van der Waals surface area (Å²) in [6, 6.07) is 8.09. The van der Waals surface area contributed by atoms with E-state index in [4.69, 9.17) is 10.5 Å². The van der Waals surface area contributed by atoms with E-state index in [1.54, 1.807) is 0 Å². The first-order valence-corrected chi connectivity index (χ1v) is 6.09. The molecule has 3 nitrogen and oxygen atoms in total. The van der Waals surface area contributed by atoms with Crippen LogP contribution in [0.15, 0.2) is 30.8 Å². The number of carbonyl (C=O) groups is 1. The average Bonchev–Trinajstić information content (AvgIpc) is 2.28. The maximum absolute atomic E-state index is 10.9. The molecule has 1 amide bonds. The number of hydrogen-bond donors (Lipinski definition) is 1. The lowest BCUT2D eigenvalue weighted by molar-refractivity contribution is 0.0284. The summed E-state index contributed by atoms with van der Waals surface area (Å²) in [5.41, 5.74) is 7.79.